The summed E-state index contributed by atoms with van der Waals surface area (Å²) in [6.07, 6.45) is 0.442. The SMILES string of the molecule is CN=C(NCc1cccc(C)c1)NCC(Cc1ccc(F)cc1)C(N)=O. The number of primary amides is 1. The van der Waals surface area contributed by atoms with Crippen LogP contribution in [0.15, 0.2) is 53.5 Å². The highest BCUT2D eigenvalue weighted by molar-refractivity contribution is 5.81. The minimum Gasteiger partial charge on any atom is -0.369 e. The molecule has 2 aromatic carbocycles. The standard InChI is InChI=1S/C20H25FN4O/c1-14-4-3-5-16(10-14)12-24-20(23-2)25-13-17(19(22)26)11-15-6-8-18(21)9-7-15/h3-10,17H,11-13H2,1-2H3,(H2,22,26)(H2,23,24,25). The molecular weight excluding hydrogens is 331 g/mol. The second-order valence-corrected chi connectivity index (χ2v) is 6.23. The van der Waals surface area contributed by atoms with Crippen molar-refractivity contribution in [2.75, 3.05) is 13.6 Å². The Morgan fingerprint density at radius 3 is 2.50 bits per heavy atom. The van der Waals surface area contributed by atoms with Crippen molar-refractivity contribution < 1.29 is 9.18 Å². The topological polar surface area (TPSA) is 79.5 Å². The van der Waals surface area contributed by atoms with Crippen LogP contribution >= 0.6 is 0 Å². The number of benzene rings is 2. The number of guanidine groups is 1. The van der Waals surface area contributed by atoms with Crippen LogP contribution in [0.25, 0.3) is 0 Å². The molecule has 0 saturated heterocycles. The molecule has 0 fully saturated rings. The Morgan fingerprint density at radius 2 is 1.88 bits per heavy atom. The number of nitrogens with two attached hydrogens (primary N) is 1. The van der Waals surface area contributed by atoms with Gasteiger partial charge in [0.1, 0.15) is 5.82 Å². The first-order chi connectivity index (χ1) is 12.5. The molecule has 4 N–H and O–H groups in total. The van der Waals surface area contributed by atoms with E-state index in [1.165, 1.54) is 17.7 Å². The molecule has 0 aliphatic heterocycles. The maximum atomic E-state index is 13.0. The van der Waals surface area contributed by atoms with E-state index in [1.807, 2.05) is 25.1 Å². The number of carbonyl (C=O) groups excluding carboxylic acids is 1. The van der Waals surface area contributed by atoms with Crippen LogP contribution in [0.5, 0.6) is 0 Å². The van der Waals surface area contributed by atoms with Gasteiger partial charge in [0, 0.05) is 20.1 Å². The zero-order chi connectivity index (χ0) is 18.9. The van der Waals surface area contributed by atoms with Crippen LogP contribution in [0, 0.1) is 18.7 Å². The number of rotatable bonds is 7. The first-order valence-electron chi connectivity index (χ1n) is 8.51. The summed E-state index contributed by atoms with van der Waals surface area (Å²) >= 11 is 0. The summed E-state index contributed by atoms with van der Waals surface area (Å²) < 4.78 is 13.0. The molecule has 0 aliphatic rings. The van der Waals surface area contributed by atoms with Crippen LogP contribution in [-0.2, 0) is 17.8 Å². The molecule has 0 bridgehead atoms. The highest BCUT2D eigenvalue weighted by atomic mass is 19.1. The van der Waals surface area contributed by atoms with Gasteiger partial charge in [-0.15, -0.1) is 0 Å². The molecular formula is C20H25FN4O. The van der Waals surface area contributed by atoms with Crippen molar-refractivity contribution in [2.24, 2.45) is 16.6 Å². The number of nitrogens with one attached hydrogen (secondary N) is 2. The average Bonchev–Trinajstić information content (AvgIpc) is 2.62. The van der Waals surface area contributed by atoms with Gasteiger partial charge in [-0.3, -0.25) is 9.79 Å². The molecule has 6 heteroatoms. The predicted octanol–water partition coefficient (Wildman–Crippen LogP) is 2.14. The Hall–Kier alpha value is -2.89. The second-order valence-electron chi connectivity index (χ2n) is 6.23. The van der Waals surface area contributed by atoms with Gasteiger partial charge in [-0.2, -0.15) is 0 Å². The lowest BCUT2D eigenvalue weighted by Gasteiger charge is -2.17. The van der Waals surface area contributed by atoms with E-state index in [0.717, 1.165) is 11.1 Å². The van der Waals surface area contributed by atoms with Crippen molar-refractivity contribution in [2.45, 2.75) is 19.9 Å². The van der Waals surface area contributed by atoms with E-state index in [1.54, 1.807) is 19.2 Å². The van der Waals surface area contributed by atoms with Crippen molar-refractivity contribution in [1.29, 1.82) is 0 Å². The normalized spacial score (nSPS) is 12.5. The molecule has 138 valence electrons. The van der Waals surface area contributed by atoms with E-state index in [0.29, 0.717) is 25.5 Å². The van der Waals surface area contributed by atoms with Crippen LogP contribution in [0.3, 0.4) is 0 Å². The van der Waals surface area contributed by atoms with E-state index in [2.05, 4.69) is 21.7 Å². The Bertz CT molecular complexity index is 759. The Kier molecular flexibility index (Phi) is 7.14. The van der Waals surface area contributed by atoms with Crippen molar-refractivity contribution in [1.82, 2.24) is 10.6 Å². The van der Waals surface area contributed by atoms with Crippen LogP contribution in [0.2, 0.25) is 0 Å². The minimum absolute atomic E-state index is 0.303. The summed E-state index contributed by atoms with van der Waals surface area (Å²) in [5, 5.41) is 6.35. The number of aliphatic imine (C=N–C) groups is 1. The van der Waals surface area contributed by atoms with Gasteiger partial charge in [0.2, 0.25) is 5.91 Å². The predicted molar refractivity (Wildman–Crippen MR) is 102 cm³/mol. The Balaban J connectivity index is 1.89. The van der Waals surface area contributed by atoms with Gasteiger partial charge in [0.25, 0.3) is 0 Å². The summed E-state index contributed by atoms with van der Waals surface area (Å²) in [6.45, 7) is 3.02. The minimum atomic E-state index is -0.419. The summed E-state index contributed by atoms with van der Waals surface area (Å²) in [5.74, 6) is -0.533. The fourth-order valence-electron chi connectivity index (χ4n) is 2.63. The molecule has 0 saturated carbocycles. The van der Waals surface area contributed by atoms with Gasteiger partial charge >= 0.3 is 0 Å². The maximum absolute atomic E-state index is 13.0. The van der Waals surface area contributed by atoms with E-state index in [-0.39, 0.29) is 5.82 Å². The molecule has 2 aromatic rings. The van der Waals surface area contributed by atoms with E-state index in [9.17, 15) is 9.18 Å². The zero-order valence-electron chi connectivity index (χ0n) is 15.1. The lowest BCUT2D eigenvalue weighted by molar-refractivity contribution is -0.121. The van der Waals surface area contributed by atoms with Crippen molar-refractivity contribution in [3.8, 4) is 0 Å². The fourth-order valence-corrected chi connectivity index (χ4v) is 2.63. The largest absolute Gasteiger partial charge is 0.369 e. The van der Waals surface area contributed by atoms with Crippen LogP contribution in [0.4, 0.5) is 4.39 Å². The van der Waals surface area contributed by atoms with Gasteiger partial charge in [0.15, 0.2) is 5.96 Å². The highest BCUT2D eigenvalue weighted by Gasteiger charge is 2.16. The first-order valence-corrected chi connectivity index (χ1v) is 8.51. The number of nitrogens with zero attached hydrogens (tertiary/aromatic N) is 1. The molecule has 0 spiro atoms. The molecule has 1 atom stereocenters. The number of hydrogen-bond donors (Lipinski definition) is 3. The molecule has 2 rings (SSSR count). The zero-order valence-corrected chi connectivity index (χ0v) is 15.1. The first kappa shape index (κ1) is 19.4. The lowest BCUT2D eigenvalue weighted by Crippen LogP contribution is -2.42. The molecule has 5 nitrogen and oxygen atoms in total. The molecule has 1 amide bonds. The number of hydrogen-bond acceptors (Lipinski definition) is 2. The molecule has 0 radical (unpaired) electrons. The third-order valence-corrected chi connectivity index (χ3v) is 4.08. The number of carbonyl (C=O) groups is 1. The summed E-state index contributed by atoms with van der Waals surface area (Å²) in [4.78, 5) is 15.9. The Labute approximate surface area is 153 Å². The van der Waals surface area contributed by atoms with Crippen LogP contribution in [0.1, 0.15) is 16.7 Å². The molecule has 0 aliphatic carbocycles. The van der Waals surface area contributed by atoms with Gasteiger partial charge in [0.05, 0.1) is 5.92 Å². The fraction of sp³-hybridized carbons (Fsp3) is 0.300. The van der Waals surface area contributed by atoms with Gasteiger partial charge in [-0.25, -0.2) is 4.39 Å². The number of amides is 1. The molecule has 0 heterocycles. The van der Waals surface area contributed by atoms with E-state index in [4.69, 9.17) is 5.73 Å². The van der Waals surface area contributed by atoms with Crippen LogP contribution in [-0.4, -0.2) is 25.5 Å². The Morgan fingerprint density at radius 1 is 1.15 bits per heavy atom. The van der Waals surface area contributed by atoms with Crippen molar-refractivity contribution in [3.05, 3.63) is 71.0 Å². The molecule has 1 unspecified atom stereocenters. The molecule has 26 heavy (non-hydrogen) atoms. The molecule has 0 aromatic heterocycles. The third kappa shape index (κ3) is 6.20. The summed E-state index contributed by atoms with van der Waals surface area (Å²) in [5.41, 5.74) is 8.71. The third-order valence-electron chi connectivity index (χ3n) is 4.08. The monoisotopic (exact) mass is 356 g/mol. The smallest absolute Gasteiger partial charge is 0.222 e. The second kappa shape index (κ2) is 9.56. The van der Waals surface area contributed by atoms with E-state index < -0.39 is 11.8 Å². The average molecular weight is 356 g/mol. The number of halogens is 1. The van der Waals surface area contributed by atoms with E-state index >= 15 is 0 Å². The van der Waals surface area contributed by atoms with Crippen LogP contribution < -0.4 is 16.4 Å². The van der Waals surface area contributed by atoms with Crippen molar-refractivity contribution in [3.63, 3.8) is 0 Å². The van der Waals surface area contributed by atoms with Gasteiger partial charge in [-0.05, 0) is 36.6 Å². The number of aryl methyl sites for hydroxylation is 1. The highest BCUT2D eigenvalue weighted by Crippen LogP contribution is 2.09. The quantitative estimate of drug-likeness (QED) is 0.525. The summed E-state index contributed by atoms with van der Waals surface area (Å²) in [7, 11) is 1.67. The maximum Gasteiger partial charge on any atom is 0.222 e. The van der Waals surface area contributed by atoms with Gasteiger partial charge < -0.3 is 16.4 Å². The van der Waals surface area contributed by atoms with Crippen molar-refractivity contribution >= 4 is 11.9 Å². The lowest BCUT2D eigenvalue weighted by atomic mass is 9.98. The van der Waals surface area contributed by atoms with Gasteiger partial charge in [-0.1, -0.05) is 42.0 Å². The summed E-state index contributed by atoms with van der Waals surface area (Å²) in [6, 6.07) is 14.3.